The summed E-state index contributed by atoms with van der Waals surface area (Å²) in [5, 5.41) is 0. The summed E-state index contributed by atoms with van der Waals surface area (Å²) >= 11 is 0. The second-order valence-corrected chi connectivity index (χ2v) is 4.78. The monoisotopic (exact) mass is 281 g/mol. The molecule has 0 aliphatic carbocycles. The lowest BCUT2D eigenvalue weighted by molar-refractivity contribution is -0.137. The Bertz CT molecular complexity index is 714. The maximum absolute atomic E-state index is 12.6. The maximum Gasteiger partial charge on any atom is 0.416 e. The highest BCUT2D eigenvalue weighted by atomic mass is 19.4. The summed E-state index contributed by atoms with van der Waals surface area (Å²) in [5.41, 5.74) is 1.24. The zero-order chi connectivity index (χ0) is 15.1. The minimum Gasteiger partial charge on any atom is -0.315 e. The molecule has 0 amide bonds. The van der Waals surface area contributed by atoms with Crippen molar-refractivity contribution in [1.29, 1.82) is 0 Å². The molecule has 1 heterocycles. The quantitative estimate of drug-likeness (QED) is 0.781. The first-order chi connectivity index (χ1) is 9.21. The summed E-state index contributed by atoms with van der Waals surface area (Å²) in [4.78, 5) is 12.2. The molecule has 2 rings (SSSR count). The van der Waals surface area contributed by atoms with Gasteiger partial charge < -0.3 is 4.57 Å². The van der Waals surface area contributed by atoms with E-state index in [-0.39, 0.29) is 5.56 Å². The van der Waals surface area contributed by atoms with Crippen molar-refractivity contribution in [3.63, 3.8) is 0 Å². The topological polar surface area (TPSA) is 22.0 Å². The summed E-state index contributed by atoms with van der Waals surface area (Å²) in [6.45, 7) is 3.37. The Hall–Kier alpha value is -2.04. The lowest BCUT2D eigenvalue weighted by Crippen LogP contribution is -2.20. The Labute approximate surface area is 114 Å². The third kappa shape index (κ3) is 2.48. The van der Waals surface area contributed by atoms with Crippen LogP contribution in [0.25, 0.3) is 11.1 Å². The van der Waals surface area contributed by atoms with Gasteiger partial charge in [-0.2, -0.15) is 13.2 Å². The highest BCUT2D eigenvalue weighted by Crippen LogP contribution is 2.32. The highest BCUT2D eigenvalue weighted by Gasteiger charge is 2.30. The standard InChI is InChI=1S/C15H14F3NO/c1-9-8-11(15(16,17)18)5-7-12(9)13-6-4-10(2)19(3)14(13)20/h4-8H,1-3H3. The first kappa shape index (κ1) is 14.4. The first-order valence-corrected chi connectivity index (χ1v) is 6.06. The number of nitrogens with zero attached hydrogens (tertiary/aromatic N) is 1. The van der Waals surface area contributed by atoms with Gasteiger partial charge in [-0.1, -0.05) is 6.07 Å². The van der Waals surface area contributed by atoms with Gasteiger partial charge in [-0.25, -0.2) is 0 Å². The zero-order valence-corrected chi connectivity index (χ0v) is 11.4. The molecule has 0 radical (unpaired) electrons. The number of benzene rings is 1. The van der Waals surface area contributed by atoms with Crippen LogP contribution in [-0.2, 0) is 13.2 Å². The van der Waals surface area contributed by atoms with Crippen molar-refractivity contribution in [3.8, 4) is 11.1 Å². The number of aryl methyl sites for hydroxylation is 2. The van der Waals surface area contributed by atoms with Crippen LogP contribution in [0.4, 0.5) is 13.2 Å². The van der Waals surface area contributed by atoms with Gasteiger partial charge in [0.1, 0.15) is 0 Å². The molecule has 0 saturated carbocycles. The van der Waals surface area contributed by atoms with E-state index in [1.54, 1.807) is 33.0 Å². The fourth-order valence-electron chi connectivity index (χ4n) is 2.08. The Morgan fingerprint density at radius 2 is 1.60 bits per heavy atom. The van der Waals surface area contributed by atoms with E-state index < -0.39 is 11.7 Å². The lowest BCUT2D eigenvalue weighted by Gasteiger charge is -2.12. The van der Waals surface area contributed by atoms with Crippen LogP contribution < -0.4 is 5.56 Å². The maximum atomic E-state index is 12.6. The summed E-state index contributed by atoms with van der Waals surface area (Å²) in [6, 6.07) is 6.83. The molecule has 2 nitrogen and oxygen atoms in total. The minimum atomic E-state index is -4.37. The van der Waals surface area contributed by atoms with Crippen molar-refractivity contribution < 1.29 is 13.2 Å². The van der Waals surface area contributed by atoms with E-state index in [2.05, 4.69) is 0 Å². The second-order valence-electron chi connectivity index (χ2n) is 4.78. The second kappa shape index (κ2) is 4.81. The largest absolute Gasteiger partial charge is 0.416 e. The average molecular weight is 281 g/mol. The van der Waals surface area contributed by atoms with Crippen molar-refractivity contribution >= 4 is 0 Å². The number of aromatic nitrogens is 1. The van der Waals surface area contributed by atoms with Gasteiger partial charge in [0.2, 0.25) is 0 Å². The summed E-state index contributed by atoms with van der Waals surface area (Å²) in [7, 11) is 1.64. The molecule has 106 valence electrons. The number of pyridine rings is 1. The van der Waals surface area contributed by atoms with Gasteiger partial charge in [0, 0.05) is 18.3 Å². The Balaban J connectivity index is 2.61. The van der Waals surface area contributed by atoms with Crippen molar-refractivity contribution in [2.24, 2.45) is 7.05 Å². The van der Waals surface area contributed by atoms with Crippen LogP contribution in [0.15, 0.2) is 35.1 Å². The van der Waals surface area contributed by atoms with Crippen LogP contribution in [0.2, 0.25) is 0 Å². The van der Waals surface area contributed by atoms with Gasteiger partial charge in [0.25, 0.3) is 5.56 Å². The molecule has 0 fully saturated rings. The van der Waals surface area contributed by atoms with E-state index >= 15 is 0 Å². The fourth-order valence-corrected chi connectivity index (χ4v) is 2.08. The third-order valence-electron chi connectivity index (χ3n) is 3.40. The van der Waals surface area contributed by atoms with Crippen molar-refractivity contribution in [2.75, 3.05) is 0 Å². The Morgan fingerprint density at radius 1 is 1.00 bits per heavy atom. The lowest BCUT2D eigenvalue weighted by atomic mass is 9.99. The van der Waals surface area contributed by atoms with E-state index in [0.29, 0.717) is 16.7 Å². The van der Waals surface area contributed by atoms with Crippen molar-refractivity contribution in [3.05, 3.63) is 57.5 Å². The molecule has 0 spiro atoms. The predicted molar refractivity (Wildman–Crippen MR) is 71.6 cm³/mol. The molecular weight excluding hydrogens is 267 g/mol. The molecule has 0 atom stereocenters. The normalized spacial score (nSPS) is 11.7. The smallest absolute Gasteiger partial charge is 0.315 e. The molecule has 0 N–H and O–H groups in total. The number of hydrogen-bond donors (Lipinski definition) is 0. The average Bonchev–Trinajstić information content (AvgIpc) is 2.36. The molecule has 20 heavy (non-hydrogen) atoms. The summed E-state index contributed by atoms with van der Waals surface area (Å²) in [6.07, 6.45) is -4.37. The Morgan fingerprint density at radius 3 is 2.15 bits per heavy atom. The van der Waals surface area contributed by atoms with Crippen LogP contribution in [0.3, 0.4) is 0 Å². The molecule has 0 aliphatic heterocycles. The van der Waals surface area contributed by atoms with Crippen LogP contribution in [0.1, 0.15) is 16.8 Å². The number of halogens is 3. The molecule has 1 aromatic heterocycles. The molecule has 0 aliphatic rings. The third-order valence-corrected chi connectivity index (χ3v) is 3.40. The molecule has 0 bridgehead atoms. The van der Waals surface area contributed by atoms with E-state index in [9.17, 15) is 18.0 Å². The zero-order valence-electron chi connectivity index (χ0n) is 11.4. The first-order valence-electron chi connectivity index (χ1n) is 6.06. The number of rotatable bonds is 1. The number of alkyl halides is 3. The molecule has 0 saturated heterocycles. The molecule has 5 heteroatoms. The van der Waals surface area contributed by atoms with Crippen molar-refractivity contribution in [2.45, 2.75) is 20.0 Å². The highest BCUT2D eigenvalue weighted by molar-refractivity contribution is 5.67. The van der Waals surface area contributed by atoms with Crippen LogP contribution in [-0.4, -0.2) is 4.57 Å². The van der Waals surface area contributed by atoms with E-state index in [0.717, 1.165) is 17.8 Å². The van der Waals surface area contributed by atoms with Crippen LogP contribution in [0.5, 0.6) is 0 Å². The van der Waals surface area contributed by atoms with Gasteiger partial charge >= 0.3 is 6.18 Å². The number of hydrogen-bond acceptors (Lipinski definition) is 1. The summed E-state index contributed by atoms with van der Waals surface area (Å²) < 4.78 is 39.4. The summed E-state index contributed by atoms with van der Waals surface area (Å²) in [5.74, 6) is 0. The molecular formula is C15H14F3NO. The van der Waals surface area contributed by atoms with Gasteiger partial charge in [-0.05, 0) is 49.2 Å². The van der Waals surface area contributed by atoms with Crippen LogP contribution in [0, 0.1) is 13.8 Å². The van der Waals surface area contributed by atoms with Gasteiger partial charge in [-0.3, -0.25) is 4.79 Å². The van der Waals surface area contributed by atoms with Gasteiger partial charge in [0.05, 0.1) is 5.56 Å². The molecule has 2 aromatic rings. The van der Waals surface area contributed by atoms with Crippen molar-refractivity contribution in [1.82, 2.24) is 4.57 Å². The molecule has 0 unspecified atom stereocenters. The van der Waals surface area contributed by atoms with E-state index in [1.165, 1.54) is 10.6 Å². The van der Waals surface area contributed by atoms with Crippen LogP contribution >= 0.6 is 0 Å². The van der Waals surface area contributed by atoms with Gasteiger partial charge in [0.15, 0.2) is 0 Å². The predicted octanol–water partition coefficient (Wildman–Crippen LogP) is 3.69. The Kier molecular flexibility index (Phi) is 3.46. The van der Waals surface area contributed by atoms with E-state index in [1.807, 2.05) is 0 Å². The fraction of sp³-hybridized carbons (Fsp3) is 0.267. The van der Waals surface area contributed by atoms with E-state index in [4.69, 9.17) is 0 Å². The SMILES string of the molecule is Cc1cc(C(F)(F)F)ccc1-c1ccc(C)n(C)c1=O. The molecule has 1 aromatic carbocycles. The minimum absolute atomic E-state index is 0.215. The van der Waals surface area contributed by atoms with Gasteiger partial charge in [-0.15, -0.1) is 0 Å².